The Morgan fingerprint density at radius 2 is 2.03 bits per heavy atom. The molecule has 3 aromatic rings. The monoisotopic (exact) mass is 445 g/mol. The molecule has 0 spiro atoms. The average molecular weight is 446 g/mol. The molecule has 3 rings (SSSR count). The van der Waals surface area contributed by atoms with E-state index in [0.29, 0.717) is 33.0 Å². The zero-order chi connectivity index (χ0) is 22.7. The van der Waals surface area contributed by atoms with E-state index >= 15 is 0 Å². The predicted octanol–water partition coefficient (Wildman–Crippen LogP) is 3.68. The fourth-order valence-corrected chi connectivity index (χ4v) is 4.43. The van der Waals surface area contributed by atoms with Gasteiger partial charge in [0.05, 0.1) is 32.3 Å². The number of ether oxygens (including phenoxy) is 3. The highest BCUT2D eigenvalue weighted by molar-refractivity contribution is 7.20. The summed E-state index contributed by atoms with van der Waals surface area (Å²) >= 11 is 1.19. The van der Waals surface area contributed by atoms with E-state index in [9.17, 15) is 9.59 Å². The van der Waals surface area contributed by atoms with Crippen LogP contribution in [0.1, 0.15) is 46.5 Å². The van der Waals surface area contributed by atoms with Gasteiger partial charge in [0, 0.05) is 18.2 Å². The lowest BCUT2D eigenvalue weighted by atomic mass is 10.1. The van der Waals surface area contributed by atoms with Crippen molar-refractivity contribution in [1.29, 1.82) is 0 Å². The number of aryl methyl sites for hydroxylation is 1. The number of nitrogens with one attached hydrogen (secondary N) is 1. The summed E-state index contributed by atoms with van der Waals surface area (Å²) in [6, 6.07) is 5.49. The maximum Gasteiger partial charge on any atom is 0.348 e. The van der Waals surface area contributed by atoms with Crippen LogP contribution in [0.4, 0.5) is 0 Å². The standard InChI is InChI=1S/C22H27N3O5S/c1-7-30-22(27)18-12(2)17-20(26)23-19(24-21(17)31-18)13(3)25(4)11-14-8-9-15(28-5)10-16(14)29-6/h8-10,13H,7,11H2,1-6H3,(H,23,24,26)/t13-/m0/s1. The minimum atomic E-state index is -0.430. The Morgan fingerprint density at radius 1 is 1.29 bits per heavy atom. The molecule has 0 fully saturated rings. The number of aromatic amines is 1. The number of fused-ring (bicyclic) bond motifs is 1. The van der Waals surface area contributed by atoms with Crippen molar-refractivity contribution in [1.82, 2.24) is 14.9 Å². The van der Waals surface area contributed by atoms with Gasteiger partial charge in [-0.2, -0.15) is 0 Å². The predicted molar refractivity (Wildman–Crippen MR) is 120 cm³/mol. The van der Waals surface area contributed by atoms with E-state index in [1.54, 1.807) is 28.1 Å². The number of hydrogen-bond donors (Lipinski definition) is 1. The zero-order valence-electron chi connectivity index (χ0n) is 18.6. The number of H-pyrrole nitrogens is 1. The van der Waals surface area contributed by atoms with Gasteiger partial charge in [-0.3, -0.25) is 9.69 Å². The van der Waals surface area contributed by atoms with Crippen LogP contribution in [0.25, 0.3) is 10.2 Å². The van der Waals surface area contributed by atoms with Crippen LogP contribution < -0.4 is 15.0 Å². The highest BCUT2D eigenvalue weighted by Gasteiger charge is 2.23. The van der Waals surface area contributed by atoms with Gasteiger partial charge in [0.15, 0.2) is 0 Å². The lowest BCUT2D eigenvalue weighted by molar-refractivity contribution is 0.0531. The molecule has 1 aromatic carbocycles. The summed E-state index contributed by atoms with van der Waals surface area (Å²) < 4.78 is 15.8. The highest BCUT2D eigenvalue weighted by atomic mass is 32.1. The summed E-state index contributed by atoms with van der Waals surface area (Å²) in [7, 11) is 5.18. The maximum atomic E-state index is 12.8. The van der Waals surface area contributed by atoms with Crippen molar-refractivity contribution in [3.63, 3.8) is 0 Å². The summed E-state index contributed by atoms with van der Waals surface area (Å²) in [4.78, 5) is 35.5. The smallest absolute Gasteiger partial charge is 0.348 e. The Hall–Kier alpha value is -2.91. The molecule has 2 heterocycles. The molecule has 2 aromatic heterocycles. The normalized spacial score (nSPS) is 12.2. The summed E-state index contributed by atoms with van der Waals surface area (Å²) in [5.74, 6) is 1.55. The van der Waals surface area contributed by atoms with Crippen LogP contribution in [-0.4, -0.2) is 48.7 Å². The summed E-state index contributed by atoms with van der Waals surface area (Å²) in [5.41, 5.74) is 1.33. The van der Waals surface area contributed by atoms with E-state index in [-0.39, 0.29) is 18.2 Å². The van der Waals surface area contributed by atoms with Crippen LogP contribution in [0.2, 0.25) is 0 Å². The molecule has 1 N–H and O–H groups in total. The van der Waals surface area contributed by atoms with Crippen LogP contribution in [0.15, 0.2) is 23.0 Å². The Balaban J connectivity index is 1.91. The molecular formula is C22H27N3O5S. The van der Waals surface area contributed by atoms with Crippen LogP contribution in [-0.2, 0) is 11.3 Å². The molecule has 0 unspecified atom stereocenters. The van der Waals surface area contributed by atoms with Crippen LogP contribution in [0, 0.1) is 6.92 Å². The molecule has 0 amide bonds. The number of methoxy groups -OCH3 is 2. The molecule has 8 nitrogen and oxygen atoms in total. The van der Waals surface area contributed by atoms with Gasteiger partial charge in [0.25, 0.3) is 5.56 Å². The molecule has 0 saturated heterocycles. The van der Waals surface area contributed by atoms with Crippen LogP contribution in [0.5, 0.6) is 11.5 Å². The number of thiophene rings is 1. The Kier molecular flexibility index (Phi) is 6.97. The van der Waals surface area contributed by atoms with Gasteiger partial charge in [-0.25, -0.2) is 9.78 Å². The molecule has 0 bridgehead atoms. The molecule has 0 aliphatic rings. The van der Waals surface area contributed by atoms with E-state index < -0.39 is 5.97 Å². The first-order valence-electron chi connectivity index (χ1n) is 9.92. The Morgan fingerprint density at radius 3 is 2.68 bits per heavy atom. The Bertz CT molecular complexity index is 1150. The molecule has 0 saturated carbocycles. The average Bonchev–Trinajstić information content (AvgIpc) is 3.10. The van der Waals surface area contributed by atoms with Gasteiger partial charge in [0.2, 0.25) is 0 Å². The van der Waals surface area contributed by atoms with Crippen LogP contribution in [0.3, 0.4) is 0 Å². The second kappa shape index (κ2) is 9.49. The number of hydrogen-bond acceptors (Lipinski definition) is 8. The number of esters is 1. The second-order valence-corrected chi connectivity index (χ2v) is 8.18. The third-order valence-electron chi connectivity index (χ3n) is 5.25. The molecule has 166 valence electrons. The van der Waals surface area contributed by atoms with Crippen molar-refractivity contribution in [2.45, 2.75) is 33.4 Å². The van der Waals surface area contributed by atoms with Crippen molar-refractivity contribution in [2.75, 3.05) is 27.9 Å². The van der Waals surface area contributed by atoms with Crippen molar-refractivity contribution in [3.05, 3.63) is 50.4 Å². The molecule has 0 aliphatic heterocycles. The van der Waals surface area contributed by atoms with E-state index in [1.165, 1.54) is 11.3 Å². The highest BCUT2D eigenvalue weighted by Crippen LogP contribution is 2.30. The number of nitrogens with zero attached hydrogens (tertiary/aromatic N) is 2. The topological polar surface area (TPSA) is 93.8 Å². The maximum absolute atomic E-state index is 12.8. The first-order valence-corrected chi connectivity index (χ1v) is 10.7. The lowest BCUT2D eigenvalue weighted by Crippen LogP contribution is -2.26. The molecule has 1 atom stereocenters. The molecule has 9 heteroatoms. The van der Waals surface area contributed by atoms with Crippen molar-refractivity contribution < 1.29 is 19.0 Å². The van der Waals surface area contributed by atoms with E-state index in [2.05, 4.69) is 14.9 Å². The summed E-state index contributed by atoms with van der Waals surface area (Å²) in [6.07, 6.45) is 0. The SMILES string of the molecule is CCOC(=O)c1sc2nc([C@H](C)N(C)Cc3ccc(OC)cc3OC)[nH]c(=O)c2c1C. The van der Waals surface area contributed by atoms with Crippen molar-refractivity contribution in [2.24, 2.45) is 0 Å². The van der Waals surface area contributed by atoms with E-state index in [0.717, 1.165) is 17.1 Å². The van der Waals surface area contributed by atoms with Gasteiger partial charge in [-0.15, -0.1) is 11.3 Å². The number of rotatable bonds is 8. The van der Waals surface area contributed by atoms with E-state index in [4.69, 9.17) is 14.2 Å². The fraction of sp³-hybridized carbons (Fsp3) is 0.409. The molecule has 0 aliphatic carbocycles. The largest absolute Gasteiger partial charge is 0.497 e. The van der Waals surface area contributed by atoms with Gasteiger partial charge >= 0.3 is 5.97 Å². The quantitative estimate of drug-likeness (QED) is 0.529. The number of carbonyl (C=O) groups excluding carboxylic acids is 1. The Labute approximate surface area is 184 Å². The summed E-state index contributed by atoms with van der Waals surface area (Å²) in [6.45, 7) is 6.31. The third-order valence-corrected chi connectivity index (χ3v) is 6.42. The minimum Gasteiger partial charge on any atom is -0.497 e. The van der Waals surface area contributed by atoms with Crippen molar-refractivity contribution >= 4 is 27.5 Å². The zero-order valence-corrected chi connectivity index (χ0v) is 19.4. The first kappa shape index (κ1) is 22.8. The minimum absolute atomic E-state index is 0.183. The summed E-state index contributed by atoms with van der Waals surface area (Å²) in [5, 5.41) is 0.434. The van der Waals surface area contributed by atoms with Gasteiger partial charge in [-0.1, -0.05) is 6.07 Å². The number of carbonyl (C=O) groups is 1. The first-order chi connectivity index (χ1) is 14.8. The molecule has 31 heavy (non-hydrogen) atoms. The molecule has 0 radical (unpaired) electrons. The lowest BCUT2D eigenvalue weighted by Gasteiger charge is -2.24. The van der Waals surface area contributed by atoms with Gasteiger partial charge in [-0.05, 0) is 39.4 Å². The van der Waals surface area contributed by atoms with Crippen molar-refractivity contribution in [3.8, 4) is 11.5 Å². The number of aromatic nitrogens is 2. The fourth-order valence-electron chi connectivity index (χ4n) is 3.35. The number of benzene rings is 1. The molecular weight excluding hydrogens is 418 g/mol. The third kappa shape index (κ3) is 4.57. The van der Waals surface area contributed by atoms with Gasteiger partial charge in [0.1, 0.15) is 27.0 Å². The second-order valence-electron chi connectivity index (χ2n) is 7.18. The van der Waals surface area contributed by atoms with Crippen LogP contribution >= 0.6 is 11.3 Å². The van der Waals surface area contributed by atoms with Gasteiger partial charge < -0.3 is 19.2 Å². The van der Waals surface area contributed by atoms with E-state index in [1.807, 2.05) is 32.2 Å².